The number of rotatable bonds is 2. The van der Waals surface area contributed by atoms with E-state index < -0.39 is 0 Å². The molecule has 0 bridgehead atoms. The number of aliphatic imine (C=N–C) groups is 1. The summed E-state index contributed by atoms with van der Waals surface area (Å²) in [5.74, 6) is 1.93. The summed E-state index contributed by atoms with van der Waals surface area (Å²) >= 11 is 1.80. The molecule has 0 unspecified atom stereocenters. The molecule has 0 aromatic heterocycles. The van der Waals surface area contributed by atoms with Crippen LogP contribution in [-0.2, 0) is 4.74 Å². The molecule has 4 nitrogen and oxygen atoms in total. The highest BCUT2D eigenvalue weighted by Crippen LogP contribution is 2.36. The molecule has 2 heterocycles. The van der Waals surface area contributed by atoms with E-state index in [1.165, 1.54) is 0 Å². The van der Waals surface area contributed by atoms with Gasteiger partial charge in [0.15, 0.2) is 5.17 Å². The van der Waals surface area contributed by atoms with Gasteiger partial charge in [-0.2, -0.15) is 0 Å². The average molecular weight is 278 g/mol. The van der Waals surface area contributed by atoms with Crippen LogP contribution in [0, 0.1) is 0 Å². The minimum absolute atomic E-state index is 0.109. The Morgan fingerprint density at radius 3 is 2.68 bits per heavy atom. The third-order valence-corrected chi connectivity index (χ3v) is 4.73. The molecule has 2 aliphatic heterocycles. The molecule has 102 valence electrons. The van der Waals surface area contributed by atoms with Crippen LogP contribution in [0.5, 0.6) is 5.75 Å². The van der Waals surface area contributed by atoms with E-state index in [0.717, 1.165) is 48.4 Å². The predicted molar refractivity (Wildman–Crippen MR) is 79.3 cm³/mol. The number of thioether (sulfide) groups is 1. The number of hydrogen-bond acceptors (Lipinski definition) is 5. The zero-order chi connectivity index (χ0) is 13.1. The highest BCUT2D eigenvalue weighted by molar-refractivity contribution is 8.14. The Hall–Kier alpha value is -1.20. The molecule has 1 spiro atoms. The van der Waals surface area contributed by atoms with Crippen LogP contribution in [0.15, 0.2) is 29.3 Å². The summed E-state index contributed by atoms with van der Waals surface area (Å²) in [6.45, 7) is 1.67. The smallest absolute Gasteiger partial charge is 0.161 e. The molecule has 3 rings (SSSR count). The van der Waals surface area contributed by atoms with Crippen molar-refractivity contribution in [1.82, 2.24) is 0 Å². The Kier molecular flexibility index (Phi) is 3.66. The third-order valence-electron chi connectivity index (χ3n) is 3.58. The van der Waals surface area contributed by atoms with Crippen molar-refractivity contribution in [2.45, 2.75) is 18.4 Å². The van der Waals surface area contributed by atoms with Gasteiger partial charge < -0.3 is 14.8 Å². The fraction of sp³-hybridized carbons (Fsp3) is 0.500. The summed E-state index contributed by atoms with van der Waals surface area (Å²) in [6.07, 6.45) is 2.07. The molecule has 0 saturated carbocycles. The Bertz CT molecular complexity index is 467. The summed E-state index contributed by atoms with van der Waals surface area (Å²) in [5, 5.41) is 4.40. The van der Waals surface area contributed by atoms with E-state index in [1.807, 2.05) is 24.3 Å². The molecule has 1 saturated heterocycles. The SMILES string of the molecule is COc1ccc(NC2=NC3(CCOCC3)CS2)cc1. The molecule has 5 heteroatoms. The normalized spacial score (nSPS) is 21.2. The molecular formula is C14H18N2O2S. The minimum Gasteiger partial charge on any atom is -0.497 e. The van der Waals surface area contributed by atoms with E-state index in [2.05, 4.69) is 5.32 Å². The maximum atomic E-state index is 5.42. The van der Waals surface area contributed by atoms with E-state index in [9.17, 15) is 0 Å². The lowest BCUT2D eigenvalue weighted by molar-refractivity contribution is 0.0624. The van der Waals surface area contributed by atoms with E-state index in [-0.39, 0.29) is 5.54 Å². The summed E-state index contributed by atoms with van der Waals surface area (Å²) < 4.78 is 10.6. The largest absolute Gasteiger partial charge is 0.497 e. The first-order valence-electron chi connectivity index (χ1n) is 6.51. The fourth-order valence-corrected chi connectivity index (χ4v) is 3.56. The maximum Gasteiger partial charge on any atom is 0.161 e. The lowest BCUT2D eigenvalue weighted by Crippen LogP contribution is -2.34. The number of nitrogens with zero attached hydrogens (tertiary/aromatic N) is 1. The second kappa shape index (κ2) is 5.43. The van der Waals surface area contributed by atoms with Crippen LogP contribution in [0.1, 0.15) is 12.8 Å². The van der Waals surface area contributed by atoms with Crippen molar-refractivity contribution in [3.63, 3.8) is 0 Å². The number of nitrogens with one attached hydrogen (secondary N) is 1. The quantitative estimate of drug-likeness (QED) is 0.903. The van der Waals surface area contributed by atoms with Gasteiger partial charge in [-0.05, 0) is 37.1 Å². The fourth-order valence-electron chi connectivity index (χ4n) is 2.35. The Morgan fingerprint density at radius 1 is 1.26 bits per heavy atom. The molecule has 1 N–H and O–H groups in total. The zero-order valence-corrected chi connectivity index (χ0v) is 11.8. The van der Waals surface area contributed by atoms with Crippen molar-refractivity contribution in [2.24, 2.45) is 4.99 Å². The topological polar surface area (TPSA) is 42.8 Å². The summed E-state index contributed by atoms with van der Waals surface area (Å²) in [6, 6.07) is 7.92. The number of methoxy groups -OCH3 is 1. The average Bonchev–Trinajstić information content (AvgIpc) is 2.83. The number of amidine groups is 1. The van der Waals surface area contributed by atoms with Gasteiger partial charge in [-0.3, -0.25) is 4.99 Å². The summed E-state index contributed by atoms with van der Waals surface area (Å²) in [5.41, 5.74) is 1.16. The van der Waals surface area contributed by atoms with Crippen molar-refractivity contribution in [2.75, 3.05) is 31.4 Å². The van der Waals surface area contributed by atoms with Crippen molar-refractivity contribution in [3.05, 3.63) is 24.3 Å². The number of anilines is 1. The number of hydrogen-bond donors (Lipinski definition) is 1. The molecule has 0 atom stereocenters. The van der Waals surface area contributed by atoms with Gasteiger partial charge in [0.1, 0.15) is 5.75 Å². The first-order chi connectivity index (χ1) is 9.30. The second-order valence-corrected chi connectivity index (χ2v) is 5.86. The molecule has 1 aromatic carbocycles. The molecule has 0 aliphatic carbocycles. The van der Waals surface area contributed by atoms with Gasteiger partial charge in [0.2, 0.25) is 0 Å². The molecule has 1 fully saturated rings. The van der Waals surface area contributed by atoms with Crippen molar-refractivity contribution >= 4 is 22.6 Å². The van der Waals surface area contributed by atoms with Crippen LogP contribution in [0.3, 0.4) is 0 Å². The third kappa shape index (κ3) is 2.87. The van der Waals surface area contributed by atoms with Crippen molar-refractivity contribution in [3.8, 4) is 5.75 Å². The van der Waals surface area contributed by atoms with Crippen LogP contribution in [-0.4, -0.2) is 36.8 Å². The van der Waals surface area contributed by atoms with Crippen molar-refractivity contribution in [1.29, 1.82) is 0 Å². The number of benzene rings is 1. The van der Waals surface area contributed by atoms with Crippen LogP contribution < -0.4 is 10.1 Å². The Labute approximate surface area is 117 Å². The molecule has 2 aliphatic rings. The van der Waals surface area contributed by atoms with Crippen LogP contribution in [0.25, 0.3) is 0 Å². The van der Waals surface area contributed by atoms with Gasteiger partial charge >= 0.3 is 0 Å². The van der Waals surface area contributed by atoms with Crippen LogP contribution >= 0.6 is 11.8 Å². The summed E-state index contributed by atoms with van der Waals surface area (Å²) in [7, 11) is 1.67. The predicted octanol–water partition coefficient (Wildman–Crippen LogP) is 2.76. The van der Waals surface area contributed by atoms with Crippen molar-refractivity contribution < 1.29 is 9.47 Å². The lowest BCUT2D eigenvalue weighted by atomic mass is 9.93. The number of ether oxygens (including phenoxy) is 2. The first kappa shape index (κ1) is 12.8. The monoisotopic (exact) mass is 278 g/mol. The molecule has 1 aromatic rings. The zero-order valence-electron chi connectivity index (χ0n) is 11.0. The van der Waals surface area contributed by atoms with E-state index in [4.69, 9.17) is 14.5 Å². The molecule has 19 heavy (non-hydrogen) atoms. The minimum atomic E-state index is 0.109. The van der Waals surface area contributed by atoms with Gasteiger partial charge in [0, 0.05) is 24.7 Å². The Morgan fingerprint density at radius 2 is 2.00 bits per heavy atom. The lowest BCUT2D eigenvalue weighted by Gasteiger charge is -2.29. The Balaban J connectivity index is 1.67. The molecular weight excluding hydrogens is 260 g/mol. The highest BCUT2D eigenvalue weighted by Gasteiger charge is 2.37. The highest BCUT2D eigenvalue weighted by atomic mass is 32.2. The standard InChI is InChI=1S/C14H18N2O2S/c1-17-12-4-2-11(3-5-12)15-13-16-14(10-19-13)6-8-18-9-7-14/h2-5H,6-10H2,1H3,(H,15,16). The second-order valence-electron chi connectivity index (χ2n) is 4.90. The first-order valence-corrected chi connectivity index (χ1v) is 7.50. The van der Waals surface area contributed by atoms with Crippen LogP contribution in [0.4, 0.5) is 5.69 Å². The molecule has 0 radical (unpaired) electrons. The van der Waals surface area contributed by atoms with Gasteiger partial charge in [-0.15, -0.1) is 0 Å². The maximum absolute atomic E-state index is 5.42. The van der Waals surface area contributed by atoms with E-state index in [1.54, 1.807) is 18.9 Å². The van der Waals surface area contributed by atoms with Crippen LogP contribution in [0.2, 0.25) is 0 Å². The van der Waals surface area contributed by atoms with E-state index in [0.29, 0.717) is 0 Å². The molecule has 0 amide bonds. The van der Waals surface area contributed by atoms with Gasteiger partial charge in [0.25, 0.3) is 0 Å². The van der Waals surface area contributed by atoms with E-state index >= 15 is 0 Å². The van der Waals surface area contributed by atoms with Gasteiger partial charge in [-0.1, -0.05) is 11.8 Å². The van der Waals surface area contributed by atoms with Gasteiger partial charge in [-0.25, -0.2) is 0 Å². The summed E-state index contributed by atoms with van der Waals surface area (Å²) in [4.78, 5) is 4.87. The van der Waals surface area contributed by atoms with Gasteiger partial charge in [0.05, 0.1) is 12.6 Å².